The van der Waals surface area contributed by atoms with Crippen LogP contribution in [0.2, 0.25) is 0 Å². The number of hydrogen-bond acceptors (Lipinski definition) is 7. The van der Waals surface area contributed by atoms with Gasteiger partial charge in [-0.1, -0.05) is 30.3 Å². The SMILES string of the molecule is N#Cc1csc2c(NC[C@H](N)Cc3ccccc3)nc(-c3ccncc3)nc12. The number of benzene rings is 1. The molecule has 6 nitrogen and oxygen atoms in total. The zero-order valence-electron chi connectivity index (χ0n) is 15.0. The van der Waals surface area contributed by atoms with Crippen LogP contribution in [0, 0.1) is 11.3 Å². The molecule has 138 valence electrons. The first-order valence-electron chi connectivity index (χ1n) is 8.87. The fourth-order valence-electron chi connectivity index (χ4n) is 2.96. The van der Waals surface area contributed by atoms with E-state index in [1.165, 1.54) is 16.9 Å². The summed E-state index contributed by atoms with van der Waals surface area (Å²) in [5.41, 5.74) is 9.58. The van der Waals surface area contributed by atoms with Gasteiger partial charge >= 0.3 is 0 Å². The summed E-state index contributed by atoms with van der Waals surface area (Å²) in [7, 11) is 0. The van der Waals surface area contributed by atoms with E-state index in [1.807, 2.05) is 35.7 Å². The Morgan fingerprint density at radius 1 is 1.11 bits per heavy atom. The Kier molecular flexibility index (Phi) is 5.24. The topological polar surface area (TPSA) is 101 Å². The molecule has 4 rings (SSSR count). The number of thiophene rings is 1. The van der Waals surface area contributed by atoms with Gasteiger partial charge in [0.2, 0.25) is 0 Å². The minimum absolute atomic E-state index is 0.0628. The van der Waals surface area contributed by atoms with Crippen molar-refractivity contribution in [2.24, 2.45) is 5.73 Å². The van der Waals surface area contributed by atoms with Crippen LogP contribution in [0.4, 0.5) is 5.82 Å². The van der Waals surface area contributed by atoms with E-state index in [1.54, 1.807) is 12.4 Å². The maximum absolute atomic E-state index is 9.40. The molecule has 0 aliphatic carbocycles. The van der Waals surface area contributed by atoms with Crippen LogP contribution in [0.3, 0.4) is 0 Å². The van der Waals surface area contributed by atoms with Gasteiger partial charge in [-0.05, 0) is 24.1 Å². The third kappa shape index (κ3) is 3.83. The fraction of sp³-hybridized carbons (Fsp3) is 0.143. The Morgan fingerprint density at radius 3 is 2.64 bits per heavy atom. The number of pyridine rings is 1. The molecule has 0 amide bonds. The molecule has 7 heteroatoms. The predicted molar refractivity (Wildman–Crippen MR) is 112 cm³/mol. The molecule has 4 aromatic rings. The Hall–Kier alpha value is -3.34. The van der Waals surface area contributed by atoms with Crippen molar-refractivity contribution in [1.29, 1.82) is 5.26 Å². The number of anilines is 1. The van der Waals surface area contributed by atoms with Gasteiger partial charge in [0.15, 0.2) is 5.82 Å². The number of nitrogens with one attached hydrogen (secondary N) is 1. The van der Waals surface area contributed by atoms with Gasteiger partial charge in [0.1, 0.15) is 17.4 Å². The molecule has 0 aliphatic rings. The highest BCUT2D eigenvalue weighted by Crippen LogP contribution is 2.31. The van der Waals surface area contributed by atoms with Crippen LogP contribution < -0.4 is 11.1 Å². The maximum Gasteiger partial charge on any atom is 0.162 e. The van der Waals surface area contributed by atoms with Gasteiger partial charge in [-0.2, -0.15) is 5.26 Å². The zero-order valence-corrected chi connectivity index (χ0v) is 15.9. The largest absolute Gasteiger partial charge is 0.367 e. The average Bonchev–Trinajstić information content (AvgIpc) is 3.16. The summed E-state index contributed by atoms with van der Waals surface area (Å²) in [6.45, 7) is 0.566. The van der Waals surface area contributed by atoms with Crippen molar-refractivity contribution >= 4 is 27.4 Å². The number of nitrogens with zero attached hydrogens (tertiary/aromatic N) is 4. The molecule has 0 saturated carbocycles. The molecule has 1 aromatic carbocycles. The van der Waals surface area contributed by atoms with Crippen LogP contribution in [-0.2, 0) is 6.42 Å². The van der Waals surface area contributed by atoms with E-state index in [0.29, 0.717) is 29.3 Å². The van der Waals surface area contributed by atoms with Crippen LogP contribution in [0.15, 0.2) is 60.2 Å². The summed E-state index contributed by atoms with van der Waals surface area (Å²) < 4.78 is 0.862. The summed E-state index contributed by atoms with van der Waals surface area (Å²) >= 11 is 1.46. The average molecular weight is 386 g/mol. The number of hydrogen-bond donors (Lipinski definition) is 2. The Morgan fingerprint density at radius 2 is 1.89 bits per heavy atom. The molecule has 0 saturated heterocycles. The number of rotatable bonds is 6. The van der Waals surface area contributed by atoms with Crippen LogP contribution in [0.5, 0.6) is 0 Å². The van der Waals surface area contributed by atoms with Crippen molar-refractivity contribution in [2.45, 2.75) is 12.5 Å². The minimum atomic E-state index is -0.0628. The van der Waals surface area contributed by atoms with Crippen LogP contribution in [-0.4, -0.2) is 27.5 Å². The molecule has 0 unspecified atom stereocenters. The number of nitriles is 1. The van der Waals surface area contributed by atoms with Gasteiger partial charge in [-0.25, -0.2) is 9.97 Å². The van der Waals surface area contributed by atoms with Gasteiger partial charge in [-0.3, -0.25) is 4.98 Å². The third-order valence-electron chi connectivity index (χ3n) is 4.35. The van der Waals surface area contributed by atoms with Crippen molar-refractivity contribution in [1.82, 2.24) is 15.0 Å². The smallest absolute Gasteiger partial charge is 0.162 e. The third-order valence-corrected chi connectivity index (χ3v) is 5.32. The highest BCUT2D eigenvalue weighted by Gasteiger charge is 2.15. The highest BCUT2D eigenvalue weighted by atomic mass is 32.1. The summed E-state index contributed by atoms with van der Waals surface area (Å²) in [6, 6.07) is 16.0. The first-order valence-corrected chi connectivity index (χ1v) is 9.75. The van der Waals surface area contributed by atoms with Gasteiger partial charge in [-0.15, -0.1) is 11.3 Å². The highest BCUT2D eigenvalue weighted by molar-refractivity contribution is 7.18. The predicted octanol–water partition coefficient (Wildman–Crippen LogP) is 3.61. The van der Waals surface area contributed by atoms with Gasteiger partial charge in [0.05, 0.1) is 10.3 Å². The molecule has 3 heterocycles. The summed E-state index contributed by atoms with van der Waals surface area (Å²) in [4.78, 5) is 13.3. The molecule has 3 aromatic heterocycles. The molecule has 0 bridgehead atoms. The molecule has 3 N–H and O–H groups in total. The molecular weight excluding hydrogens is 368 g/mol. The Balaban J connectivity index is 1.62. The Labute approximate surface area is 166 Å². The zero-order chi connectivity index (χ0) is 19.3. The molecule has 0 fully saturated rings. The molecule has 0 aliphatic heterocycles. The second-order valence-electron chi connectivity index (χ2n) is 6.40. The lowest BCUT2D eigenvalue weighted by molar-refractivity contribution is 0.698. The van der Waals surface area contributed by atoms with Crippen molar-refractivity contribution in [2.75, 3.05) is 11.9 Å². The first kappa shape index (κ1) is 18.0. The fourth-order valence-corrected chi connectivity index (χ4v) is 3.86. The minimum Gasteiger partial charge on any atom is -0.367 e. The first-order chi connectivity index (χ1) is 13.7. The second kappa shape index (κ2) is 8.13. The second-order valence-corrected chi connectivity index (χ2v) is 7.28. The summed E-state index contributed by atoms with van der Waals surface area (Å²) in [6.07, 6.45) is 4.17. The quantitative estimate of drug-likeness (QED) is 0.525. The standard InChI is InChI=1S/C21H18N6S/c22-11-16-13-28-19-18(16)26-20(15-6-8-24-9-7-15)27-21(19)25-12-17(23)10-14-4-2-1-3-5-14/h1-9,13,17H,10,12,23H2,(H,25,26,27)/t17-/m1/s1. The monoisotopic (exact) mass is 386 g/mol. The maximum atomic E-state index is 9.40. The van der Waals surface area contributed by atoms with Gasteiger partial charge in [0, 0.05) is 35.9 Å². The normalized spacial score (nSPS) is 11.9. The van der Waals surface area contributed by atoms with Crippen molar-refractivity contribution < 1.29 is 0 Å². The van der Waals surface area contributed by atoms with E-state index in [-0.39, 0.29) is 6.04 Å². The number of aromatic nitrogens is 3. The lowest BCUT2D eigenvalue weighted by Gasteiger charge is -2.14. The molecule has 0 spiro atoms. The summed E-state index contributed by atoms with van der Waals surface area (Å²) in [5.74, 6) is 1.26. The summed E-state index contributed by atoms with van der Waals surface area (Å²) in [5, 5.41) is 14.6. The molecular formula is C21H18N6S. The van der Waals surface area contributed by atoms with Crippen molar-refractivity contribution in [3.8, 4) is 17.5 Å². The lowest BCUT2D eigenvalue weighted by atomic mass is 10.1. The van der Waals surface area contributed by atoms with Gasteiger partial charge < -0.3 is 11.1 Å². The van der Waals surface area contributed by atoms with E-state index in [0.717, 1.165) is 16.7 Å². The molecule has 0 radical (unpaired) electrons. The Bertz CT molecular complexity index is 1120. The van der Waals surface area contributed by atoms with E-state index in [9.17, 15) is 5.26 Å². The lowest BCUT2D eigenvalue weighted by Crippen LogP contribution is -2.31. The van der Waals surface area contributed by atoms with Crippen LogP contribution in [0.1, 0.15) is 11.1 Å². The van der Waals surface area contributed by atoms with E-state index < -0.39 is 0 Å². The van der Waals surface area contributed by atoms with Crippen LogP contribution in [0.25, 0.3) is 21.6 Å². The van der Waals surface area contributed by atoms with Crippen molar-refractivity contribution in [3.63, 3.8) is 0 Å². The number of fused-ring (bicyclic) bond motifs is 1. The van der Waals surface area contributed by atoms with Crippen LogP contribution >= 0.6 is 11.3 Å². The van der Waals surface area contributed by atoms with E-state index in [4.69, 9.17) is 10.7 Å². The van der Waals surface area contributed by atoms with E-state index >= 15 is 0 Å². The molecule has 1 atom stereocenters. The van der Waals surface area contributed by atoms with Crippen molar-refractivity contribution in [3.05, 3.63) is 71.4 Å². The van der Waals surface area contributed by atoms with E-state index in [2.05, 4.69) is 33.5 Å². The number of nitrogens with two attached hydrogens (primary N) is 1. The molecule has 28 heavy (non-hydrogen) atoms. The van der Waals surface area contributed by atoms with Gasteiger partial charge in [0.25, 0.3) is 0 Å².